The summed E-state index contributed by atoms with van der Waals surface area (Å²) < 4.78 is 1.59. The van der Waals surface area contributed by atoms with E-state index in [1.54, 1.807) is 17.8 Å². The summed E-state index contributed by atoms with van der Waals surface area (Å²) in [6, 6.07) is 1.77. The summed E-state index contributed by atoms with van der Waals surface area (Å²) in [6.45, 7) is 0. The fourth-order valence-corrected chi connectivity index (χ4v) is 1.03. The lowest BCUT2D eigenvalue weighted by atomic mass is 10.3. The molecule has 72 valence electrons. The predicted molar refractivity (Wildman–Crippen MR) is 48.9 cm³/mol. The first-order chi connectivity index (χ1) is 6.00. The highest BCUT2D eigenvalue weighted by Gasteiger charge is 2.09. The van der Waals surface area contributed by atoms with Crippen LogP contribution in [0.3, 0.4) is 0 Å². The Balaban J connectivity index is 2.89. The molecule has 0 saturated heterocycles. The first-order valence-corrected chi connectivity index (χ1v) is 3.92. The third-order valence-corrected chi connectivity index (χ3v) is 1.75. The lowest BCUT2D eigenvalue weighted by molar-refractivity contribution is -0.136. The molecule has 0 unspecified atom stereocenters. The van der Waals surface area contributed by atoms with Gasteiger partial charge >= 0.3 is 5.97 Å². The second-order valence-corrected chi connectivity index (χ2v) is 3.08. The third-order valence-electron chi connectivity index (χ3n) is 1.75. The number of hydrogen-bond donors (Lipinski definition) is 1. The molecular formula is C8H13N3O2. The predicted octanol–water partition coefficient (Wildman–Crippen LogP) is 0.113. The second-order valence-electron chi connectivity index (χ2n) is 3.08. The van der Waals surface area contributed by atoms with Crippen LogP contribution in [0.25, 0.3) is 0 Å². The molecule has 0 bridgehead atoms. The molecule has 5 nitrogen and oxygen atoms in total. The Hall–Kier alpha value is -1.52. The van der Waals surface area contributed by atoms with Gasteiger partial charge in [0.05, 0.1) is 12.1 Å². The van der Waals surface area contributed by atoms with E-state index in [0.717, 1.165) is 5.82 Å². The van der Waals surface area contributed by atoms with Gasteiger partial charge in [-0.05, 0) is 0 Å². The van der Waals surface area contributed by atoms with Crippen LogP contribution in [0.2, 0.25) is 0 Å². The van der Waals surface area contributed by atoms with Crippen LogP contribution < -0.4 is 4.90 Å². The van der Waals surface area contributed by atoms with E-state index >= 15 is 0 Å². The van der Waals surface area contributed by atoms with Crippen LogP contribution >= 0.6 is 0 Å². The molecule has 1 aromatic heterocycles. The molecule has 0 radical (unpaired) electrons. The molecule has 5 heteroatoms. The largest absolute Gasteiger partial charge is 0.481 e. The number of nitrogens with zero attached hydrogens (tertiary/aromatic N) is 3. The first-order valence-electron chi connectivity index (χ1n) is 3.92. The molecule has 0 aliphatic carbocycles. The standard InChI is InChI=1S/C8H13N3O2/c1-10(2)7-4-6(5-8(12)13)11(3)9-7/h4H,5H2,1-3H3,(H,12,13). The molecule has 0 saturated carbocycles. The van der Waals surface area contributed by atoms with Crippen molar-refractivity contribution >= 4 is 11.8 Å². The second kappa shape index (κ2) is 3.47. The van der Waals surface area contributed by atoms with E-state index in [1.165, 1.54) is 0 Å². The minimum atomic E-state index is -0.840. The summed E-state index contributed by atoms with van der Waals surface area (Å²) in [5.74, 6) is -0.0629. The van der Waals surface area contributed by atoms with Crippen LogP contribution in [0.15, 0.2) is 6.07 Å². The van der Waals surface area contributed by atoms with Crippen molar-refractivity contribution in [3.05, 3.63) is 11.8 Å². The molecule has 0 aliphatic rings. The Morgan fingerprint density at radius 3 is 2.69 bits per heavy atom. The zero-order chi connectivity index (χ0) is 10.0. The monoisotopic (exact) mass is 183 g/mol. The highest BCUT2D eigenvalue weighted by Crippen LogP contribution is 2.11. The van der Waals surface area contributed by atoms with Crippen molar-refractivity contribution in [2.24, 2.45) is 7.05 Å². The average molecular weight is 183 g/mol. The van der Waals surface area contributed by atoms with Gasteiger partial charge in [0.15, 0.2) is 0 Å². The minimum Gasteiger partial charge on any atom is -0.481 e. The van der Waals surface area contributed by atoms with Gasteiger partial charge in [0.2, 0.25) is 0 Å². The fourth-order valence-electron chi connectivity index (χ4n) is 1.03. The van der Waals surface area contributed by atoms with E-state index in [-0.39, 0.29) is 6.42 Å². The van der Waals surface area contributed by atoms with Crippen molar-refractivity contribution in [3.8, 4) is 0 Å². The summed E-state index contributed by atoms with van der Waals surface area (Å²) in [4.78, 5) is 12.3. The van der Waals surface area contributed by atoms with Crippen LogP contribution in [0.4, 0.5) is 5.82 Å². The van der Waals surface area contributed by atoms with E-state index in [0.29, 0.717) is 5.69 Å². The number of carboxylic acids is 1. The van der Waals surface area contributed by atoms with Gasteiger partial charge in [-0.2, -0.15) is 5.10 Å². The maximum absolute atomic E-state index is 10.4. The van der Waals surface area contributed by atoms with E-state index in [9.17, 15) is 4.79 Å². The maximum atomic E-state index is 10.4. The zero-order valence-corrected chi connectivity index (χ0v) is 7.98. The van der Waals surface area contributed by atoms with E-state index in [4.69, 9.17) is 5.11 Å². The van der Waals surface area contributed by atoms with Gasteiger partial charge in [0, 0.05) is 27.2 Å². The Bertz CT molecular complexity index is 317. The molecule has 0 amide bonds. The lowest BCUT2D eigenvalue weighted by Crippen LogP contribution is -2.09. The van der Waals surface area contributed by atoms with Gasteiger partial charge in [0.1, 0.15) is 5.82 Å². The Kier molecular flexibility index (Phi) is 2.55. The van der Waals surface area contributed by atoms with Crippen molar-refractivity contribution in [2.75, 3.05) is 19.0 Å². The number of aliphatic carboxylic acids is 1. The molecule has 13 heavy (non-hydrogen) atoms. The third kappa shape index (κ3) is 2.21. The maximum Gasteiger partial charge on any atom is 0.309 e. The van der Waals surface area contributed by atoms with E-state index in [2.05, 4.69) is 5.10 Å². The summed E-state index contributed by atoms with van der Waals surface area (Å²) in [5, 5.41) is 12.7. The molecule has 0 aromatic carbocycles. The van der Waals surface area contributed by atoms with Crippen LogP contribution in [0, 0.1) is 0 Å². The van der Waals surface area contributed by atoms with Gasteiger partial charge in [-0.25, -0.2) is 0 Å². The van der Waals surface area contributed by atoms with Crippen LogP contribution in [-0.2, 0) is 18.3 Å². The van der Waals surface area contributed by atoms with Crippen molar-refractivity contribution in [1.29, 1.82) is 0 Å². The Labute approximate surface area is 76.6 Å². The summed E-state index contributed by atoms with van der Waals surface area (Å²) in [6.07, 6.45) is 0.0112. The van der Waals surface area contributed by atoms with E-state index in [1.807, 2.05) is 19.0 Å². The van der Waals surface area contributed by atoms with Crippen molar-refractivity contribution in [1.82, 2.24) is 9.78 Å². The smallest absolute Gasteiger partial charge is 0.309 e. The van der Waals surface area contributed by atoms with Crippen LogP contribution in [-0.4, -0.2) is 35.0 Å². The number of aryl methyl sites for hydroxylation is 1. The Morgan fingerprint density at radius 2 is 2.31 bits per heavy atom. The molecule has 1 aromatic rings. The molecule has 1 rings (SSSR count). The molecule has 0 fully saturated rings. The topological polar surface area (TPSA) is 58.4 Å². The Morgan fingerprint density at radius 1 is 1.69 bits per heavy atom. The zero-order valence-electron chi connectivity index (χ0n) is 7.98. The minimum absolute atomic E-state index is 0.0112. The van der Waals surface area contributed by atoms with Crippen LogP contribution in [0.5, 0.6) is 0 Å². The number of rotatable bonds is 3. The summed E-state index contributed by atoms with van der Waals surface area (Å²) in [5.41, 5.74) is 0.705. The lowest BCUT2D eigenvalue weighted by Gasteiger charge is -2.05. The van der Waals surface area contributed by atoms with Gasteiger partial charge in [0.25, 0.3) is 0 Å². The summed E-state index contributed by atoms with van der Waals surface area (Å²) in [7, 11) is 5.48. The van der Waals surface area contributed by atoms with Crippen molar-refractivity contribution < 1.29 is 9.90 Å². The van der Waals surface area contributed by atoms with Gasteiger partial charge in [-0.1, -0.05) is 0 Å². The average Bonchev–Trinajstić information content (AvgIpc) is 2.31. The number of anilines is 1. The molecule has 0 aliphatic heterocycles. The highest BCUT2D eigenvalue weighted by molar-refractivity contribution is 5.70. The summed E-state index contributed by atoms with van der Waals surface area (Å²) >= 11 is 0. The molecule has 1 heterocycles. The SMILES string of the molecule is CN(C)c1cc(CC(=O)O)n(C)n1. The quantitative estimate of drug-likeness (QED) is 0.722. The number of hydrogen-bond acceptors (Lipinski definition) is 3. The number of carbonyl (C=O) groups is 1. The first kappa shape index (κ1) is 9.57. The van der Waals surface area contributed by atoms with Crippen LogP contribution in [0.1, 0.15) is 5.69 Å². The van der Waals surface area contributed by atoms with Gasteiger partial charge in [-0.15, -0.1) is 0 Å². The molecule has 0 atom stereocenters. The number of aromatic nitrogens is 2. The van der Waals surface area contributed by atoms with Gasteiger partial charge in [-0.3, -0.25) is 9.48 Å². The molecule has 1 N–H and O–H groups in total. The van der Waals surface area contributed by atoms with Crippen molar-refractivity contribution in [2.45, 2.75) is 6.42 Å². The molecule has 0 spiro atoms. The fraction of sp³-hybridized carbons (Fsp3) is 0.500. The van der Waals surface area contributed by atoms with Gasteiger partial charge < -0.3 is 10.0 Å². The normalized spacial score (nSPS) is 10.1. The van der Waals surface area contributed by atoms with E-state index < -0.39 is 5.97 Å². The van der Waals surface area contributed by atoms with Crippen molar-refractivity contribution in [3.63, 3.8) is 0 Å². The highest BCUT2D eigenvalue weighted by atomic mass is 16.4. The molecular weight excluding hydrogens is 170 g/mol. The number of carboxylic acid groups (broad SMARTS) is 1.